The summed E-state index contributed by atoms with van der Waals surface area (Å²) in [7, 11) is 0. The highest BCUT2D eigenvalue weighted by Crippen LogP contribution is 2.22. The van der Waals surface area contributed by atoms with Crippen LogP contribution < -0.4 is 10.6 Å². The van der Waals surface area contributed by atoms with Gasteiger partial charge >= 0.3 is 12.0 Å². The van der Waals surface area contributed by atoms with Gasteiger partial charge in [-0.2, -0.15) is 0 Å². The van der Waals surface area contributed by atoms with E-state index in [1.165, 1.54) is 0 Å². The van der Waals surface area contributed by atoms with E-state index in [1.807, 2.05) is 12.1 Å². The van der Waals surface area contributed by atoms with Crippen molar-refractivity contribution in [3.8, 4) is 0 Å². The van der Waals surface area contributed by atoms with Crippen LogP contribution in [0.4, 0.5) is 4.79 Å². The van der Waals surface area contributed by atoms with Crippen LogP contribution >= 0.6 is 0 Å². The predicted octanol–water partition coefficient (Wildman–Crippen LogP) is 0.809. The number of benzene rings is 1. The zero-order valence-electron chi connectivity index (χ0n) is 15.1. The van der Waals surface area contributed by atoms with Crippen LogP contribution in [0, 0.1) is 0 Å². The van der Waals surface area contributed by atoms with Gasteiger partial charge in [0.05, 0.1) is 0 Å². The average Bonchev–Trinajstić information content (AvgIpc) is 3.03. The van der Waals surface area contributed by atoms with Gasteiger partial charge in [0.15, 0.2) is 6.61 Å². The molecule has 0 unspecified atom stereocenters. The number of nitrogens with zero attached hydrogens (tertiary/aromatic N) is 1. The molecule has 8 heteroatoms. The molecule has 1 aliphatic heterocycles. The van der Waals surface area contributed by atoms with Crippen molar-refractivity contribution in [1.82, 2.24) is 15.5 Å². The lowest BCUT2D eigenvalue weighted by molar-refractivity contribution is -0.149. The summed E-state index contributed by atoms with van der Waals surface area (Å²) in [6.07, 6.45) is 0. The van der Waals surface area contributed by atoms with Gasteiger partial charge in [0, 0.05) is 18.7 Å². The molecule has 8 nitrogen and oxygen atoms in total. The Morgan fingerprint density at radius 1 is 1.19 bits per heavy atom. The molecule has 1 saturated heterocycles. The number of ether oxygens (including phenoxy) is 1. The molecule has 0 radical (unpaired) electrons. The topological polar surface area (TPSA) is 105 Å². The zero-order valence-corrected chi connectivity index (χ0v) is 15.1. The fourth-order valence-electron chi connectivity index (χ4n) is 2.36. The molecular weight excluding hydrogens is 338 g/mol. The normalized spacial score (nSPS) is 14.0. The van der Waals surface area contributed by atoms with E-state index in [-0.39, 0.29) is 18.5 Å². The van der Waals surface area contributed by atoms with Crippen LogP contribution in [0.25, 0.3) is 0 Å². The Bertz CT molecular complexity index is 707. The van der Waals surface area contributed by atoms with Gasteiger partial charge in [-0.15, -0.1) is 0 Å². The summed E-state index contributed by atoms with van der Waals surface area (Å²) in [6, 6.07) is 6.62. The first-order valence-corrected chi connectivity index (χ1v) is 8.31. The number of hydrogen-bond acceptors (Lipinski definition) is 5. The molecule has 1 fully saturated rings. The molecule has 0 saturated carbocycles. The minimum atomic E-state index is -0.752. The molecule has 26 heavy (non-hydrogen) atoms. The van der Waals surface area contributed by atoms with Crippen LogP contribution in [0.2, 0.25) is 0 Å². The van der Waals surface area contributed by atoms with E-state index in [4.69, 9.17) is 4.74 Å². The number of rotatable bonds is 5. The van der Waals surface area contributed by atoms with Crippen molar-refractivity contribution < 1.29 is 23.9 Å². The second kappa shape index (κ2) is 7.99. The quantitative estimate of drug-likeness (QED) is 0.755. The number of imide groups is 1. The van der Waals surface area contributed by atoms with Gasteiger partial charge in [-0.25, -0.2) is 4.79 Å². The Morgan fingerprint density at radius 3 is 2.38 bits per heavy atom. The van der Waals surface area contributed by atoms with Gasteiger partial charge in [0.2, 0.25) is 0 Å². The van der Waals surface area contributed by atoms with E-state index in [1.54, 1.807) is 12.1 Å². The molecule has 1 aromatic carbocycles. The molecule has 2 rings (SSSR count). The molecule has 0 aromatic heterocycles. The second-order valence-corrected chi connectivity index (χ2v) is 6.95. The van der Waals surface area contributed by atoms with Crippen molar-refractivity contribution >= 4 is 23.8 Å². The summed E-state index contributed by atoms with van der Waals surface area (Å²) < 4.78 is 4.79. The Kier molecular flexibility index (Phi) is 5.97. The molecule has 1 heterocycles. The number of carbonyl (C=O) groups excluding carboxylic acids is 4. The number of nitrogens with one attached hydrogen (secondary N) is 2. The highest BCUT2D eigenvalue weighted by molar-refractivity contribution is 5.98. The Labute approximate surface area is 151 Å². The Morgan fingerprint density at radius 2 is 1.85 bits per heavy atom. The van der Waals surface area contributed by atoms with Crippen molar-refractivity contribution in [3.05, 3.63) is 35.4 Å². The van der Waals surface area contributed by atoms with E-state index in [9.17, 15) is 19.2 Å². The maximum absolute atomic E-state index is 12.1. The number of urea groups is 1. The van der Waals surface area contributed by atoms with Gasteiger partial charge in [0.25, 0.3) is 11.8 Å². The molecule has 2 N–H and O–H groups in total. The van der Waals surface area contributed by atoms with Crippen molar-refractivity contribution in [2.45, 2.75) is 26.2 Å². The molecule has 1 aromatic rings. The second-order valence-electron chi connectivity index (χ2n) is 6.95. The van der Waals surface area contributed by atoms with Crippen LogP contribution in [0.15, 0.2) is 24.3 Å². The zero-order chi connectivity index (χ0) is 19.3. The molecule has 4 amide bonds. The first-order valence-electron chi connectivity index (χ1n) is 8.31. The third kappa shape index (κ3) is 5.05. The smallest absolute Gasteiger partial charge is 0.325 e. The Hall–Kier alpha value is -2.90. The van der Waals surface area contributed by atoms with Crippen LogP contribution in [-0.4, -0.2) is 55.0 Å². The fraction of sp³-hybridized carbons (Fsp3) is 0.444. The van der Waals surface area contributed by atoms with Crippen molar-refractivity contribution in [2.75, 3.05) is 26.2 Å². The highest BCUT2D eigenvalue weighted by atomic mass is 16.5. The molecule has 1 aliphatic rings. The standard InChI is InChI=1S/C18H23N3O5/c1-18(2,3)13-6-4-12(5-7-13)16(24)20-10-15(23)26-11-14(22)21-9-8-19-17(21)25/h4-7H,8-11H2,1-3H3,(H,19,25)(H,20,24). The van der Waals surface area contributed by atoms with Crippen LogP contribution in [-0.2, 0) is 19.7 Å². The monoisotopic (exact) mass is 361 g/mol. The lowest BCUT2D eigenvalue weighted by atomic mass is 9.87. The van der Waals surface area contributed by atoms with E-state index in [0.29, 0.717) is 12.1 Å². The number of esters is 1. The third-order valence-electron chi connectivity index (χ3n) is 3.92. The first kappa shape index (κ1) is 19.4. The third-order valence-corrected chi connectivity index (χ3v) is 3.92. The average molecular weight is 361 g/mol. The van der Waals surface area contributed by atoms with Gasteiger partial charge in [0.1, 0.15) is 6.54 Å². The maximum Gasteiger partial charge on any atom is 0.325 e. The number of carbonyl (C=O) groups is 4. The predicted molar refractivity (Wildman–Crippen MR) is 93.5 cm³/mol. The molecule has 0 aliphatic carbocycles. The first-order chi connectivity index (χ1) is 12.2. The number of hydrogen-bond donors (Lipinski definition) is 2. The molecule has 0 bridgehead atoms. The molecule has 0 spiro atoms. The van der Waals surface area contributed by atoms with Crippen molar-refractivity contribution in [2.24, 2.45) is 0 Å². The summed E-state index contributed by atoms with van der Waals surface area (Å²) >= 11 is 0. The van der Waals surface area contributed by atoms with Gasteiger partial charge < -0.3 is 15.4 Å². The summed E-state index contributed by atoms with van der Waals surface area (Å²) in [5.74, 6) is -1.76. The highest BCUT2D eigenvalue weighted by Gasteiger charge is 2.26. The van der Waals surface area contributed by atoms with Crippen molar-refractivity contribution in [3.63, 3.8) is 0 Å². The van der Waals surface area contributed by atoms with Crippen LogP contribution in [0.5, 0.6) is 0 Å². The van der Waals surface area contributed by atoms with Gasteiger partial charge in [-0.1, -0.05) is 32.9 Å². The lowest BCUT2D eigenvalue weighted by Crippen LogP contribution is -2.38. The van der Waals surface area contributed by atoms with Gasteiger partial charge in [-0.05, 0) is 23.1 Å². The van der Waals surface area contributed by atoms with E-state index < -0.39 is 30.4 Å². The number of amides is 4. The van der Waals surface area contributed by atoms with Crippen LogP contribution in [0.1, 0.15) is 36.7 Å². The molecule has 0 atom stereocenters. The minimum absolute atomic E-state index is 0.0163. The van der Waals surface area contributed by atoms with E-state index in [0.717, 1.165) is 10.5 Å². The Balaban J connectivity index is 1.77. The van der Waals surface area contributed by atoms with E-state index in [2.05, 4.69) is 31.4 Å². The molecular formula is C18H23N3O5. The van der Waals surface area contributed by atoms with Crippen molar-refractivity contribution in [1.29, 1.82) is 0 Å². The summed E-state index contributed by atoms with van der Waals surface area (Å²) in [5, 5.41) is 4.92. The van der Waals surface area contributed by atoms with Crippen LogP contribution in [0.3, 0.4) is 0 Å². The van der Waals surface area contributed by atoms with Gasteiger partial charge in [-0.3, -0.25) is 19.3 Å². The minimum Gasteiger partial charge on any atom is -0.454 e. The SMILES string of the molecule is CC(C)(C)c1ccc(C(=O)NCC(=O)OCC(=O)N2CCNC2=O)cc1. The fourth-order valence-corrected chi connectivity index (χ4v) is 2.36. The van der Waals surface area contributed by atoms with E-state index >= 15 is 0 Å². The lowest BCUT2D eigenvalue weighted by Gasteiger charge is -2.19. The maximum atomic E-state index is 12.1. The molecule has 140 valence electrons. The largest absolute Gasteiger partial charge is 0.454 e. The summed E-state index contributed by atoms with van der Waals surface area (Å²) in [6.45, 7) is 5.95. The summed E-state index contributed by atoms with van der Waals surface area (Å²) in [5.41, 5.74) is 1.51. The summed E-state index contributed by atoms with van der Waals surface area (Å²) in [4.78, 5) is 47.7.